The number of nitrogens with one attached hydrogen (secondary N) is 1. The lowest BCUT2D eigenvalue weighted by Gasteiger charge is -2.16. The molecule has 1 amide bonds. The van der Waals surface area contributed by atoms with Crippen molar-refractivity contribution in [2.45, 2.75) is 18.9 Å². The second kappa shape index (κ2) is 7.59. The number of carbonyl (C=O) groups excluding carboxylic acids is 1. The lowest BCUT2D eigenvalue weighted by Crippen LogP contribution is -2.35. The van der Waals surface area contributed by atoms with Crippen LogP contribution in [0.3, 0.4) is 0 Å². The van der Waals surface area contributed by atoms with Crippen molar-refractivity contribution in [1.82, 2.24) is 30.5 Å². The standard InChI is InChI=1S/C15H16N6OS/c22-15(16-7-6-13-9-23-11-17-13)14(21-10-18-19-20-21)8-12-4-2-1-3-5-12/h1-5,9-11,14H,6-8H2,(H,16,22). The molecule has 1 unspecified atom stereocenters. The summed E-state index contributed by atoms with van der Waals surface area (Å²) < 4.78 is 1.49. The van der Waals surface area contributed by atoms with E-state index in [1.807, 2.05) is 35.7 Å². The van der Waals surface area contributed by atoms with Gasteiger partial charge in [0.1, 0.15) is 12.4 Å². The summed E-state index contributed by atoms with van der Waals surface area (Å²) in [6.45, 7) is 0.538. The van der Waals surface area contributed by atoms with E-state index in [1.165, 1.54) is 11.0 Å². The lowest BCUT2D eigenvalue weighted by atomic mass is 10.1. The first-order valence-electron chi connectivity index (χ1n) is 7.24. The normalized spacial score (nSPS) is 12.0. The molecule has 1 aromatic carbocycles. The minimum Gasteiger partial charge on any atom is -0.354 e. The summed E-state index contributed by atoms with van der Waals surface area (Å²) in [5, 5.41) is 16.1. The summed E-state index contributed by atoms with van der Waals surface area (Å²) in [4.78, 5) is 16.7. The van der Waals surface area contributed by atoms with Crippen molar-refractivity contribution in [2.75, 3.05) is 6.54 Å². The predicted molar refractivity (Wildman–Crippen MR) is 85.8 cm³/mol. The Hall–Kier alpha value is -2.61. The van der Waals surface area contributed by atoms with Gasteiger partial charge in [-0.25, -0.2) is 9.67 Å². The maximum absolute atomic E-state index is 12.5. The van der Waals surface area contributed by atoms with Gasteiger partial charge in [-0.15, -0.1) is 16.4 Å². The second-order valence-electron chi connectivity index (χ2n) is 5.02. The Labute approximate surface area is 137 Å². The molecule has 3 rings (SSSR count). The van der Waals surface area contributed by atoms with Crippen LogP contribution in [0.15, 0.2) is 47.5 Å². The van der Waals surface area contributed by atoms with Crippen molar-refractivity contribution in [2.24, 2.45) is 0 Å². The Morgan fingerprint density at radius 2 is 2.17 bits per heavy atom. The van der Waals surface area contributed by atoms with Crippen LogP contribution < -0.4 is 5.32 Å². The highest BCUT2D eigenvalue weighted by Gasteiger charge is 2.21. The zero-order valence-corrected chi connectivity index (χ0v) is 13.2. The lowest BCUT2D eigenvalue weighted by molar-refractivity contribution is -0.124. The Balaban J connectivity index is 1.64. The third kappa shape index (κ3) is 4.19. The number of tetrazole rings is 1. The molecule has 0 spiro atoms. The molecule has 0 saturated carbocycles. The minimum atomic E-state index is -0.470. The molecule has 2 aromatic heterocycles. The van der Waals surface area contributed by atoms with Crippen molar-refractivity contribution in [3.05, 3.63) is 58.8 Å². The van der Waals surface area contributed by atoms with E-state index in [0.717, 1.165) is 11.3 Å². The molecule has 0 saturated heterocycles. The summed E-state index contributed by atoms with van der Waals surface area (Å²) in [6.07, 6.45) is 2.71. The van der Waals surface area contributed by atoms with Gasteiger partial charge in [0.15, 0.2) is 0 Å². The average Bonchev–Trinajstić information content (AvgIpc) is 3.27. The van der Waals surface area contributed by atoms with Crippen molar-refractivity contribution in [1.29, 1.82) is 0 Å². The number of carbonyl (C=O) groups is 1. The fraction of sp³-hybridized carbons (Fsp3) is 0.267. The highest BCUT2D eigenvalue weighted by molar-refractivity contribution is 7.07. The monoisotopic (exact) mass is 328 g/mol. The summed E-state index contributed by atoms with van der Waals surface area (Å²) in [5.41, 5.74) is 3.83. The molecule has 1 atom stereocenters. The van der Waals surface area contributed by atoms with Crippen LogP contribution in [0.2, 0.25) is 0 Å². The highest BCUT2D eigenvalue weighted by atomic mass is 32.1. The van der Waals surface area contributed by atoms with Crippen molar-refractivity contribution < 1.29 is 4.79 Å². The van der Waals surface area contributed by atoms with Gasteiger partial charge in [-0.1, -0.05) is 30.3 Å². The number of hydrogen-bond donors (Lipinski definition) is 1. The molecule has 1 N–H and O–H groups in total. The first-order chi connectivity index (χ1) is 11.3. The van der Waals surface area contributed by atoms with Crippen molar-refractivity contribution in [3.63, 3.8) is 0 Å². The third-order valence-corrected chi connectivity index (χ3v) is 4.06. The van der Waals surface area contributed by atoms with Gasteiger partial charge >= 0.3 is 0 Å². The molecule has 118 valence electrons. The quantitative estimate of drug-likeness (QED) is 0.706. The summed E-state index contributed by atoms with van der Waals surface area (Å²) in [5.74, 6) is -0.101. The zero-order valence-electron chi connectivity index (χ0n) is 12.4. The maximum Gasteiger partial charge on any atom is 0.245 e. The van der Waals surface area contributed by atoms with Crippen molar-refractivity contribution >= 4 is 17.2 Å². The largest absolute Gasteiger partial charge is 0.354 e. The Kier molecular flexibility index (Phi) is 5.05. The number of benzene rings is 1. The van der Waals surface area contributed by atoms with Crippen LogP contribution in [-0.2, 0) is 17.6 Å². The van der Waals surface area contributed by atoms with E-state index in [-0.39, 0.29) is 5.91 Å². The van der Waals surface area contributed by atoms with E-state index in [9.17, 15) is 4.79 Å². The smallest absolute Gasteiger partial charge is 0.245 e. The number of nitrogens with zero attached hydrogens (tertiary/aromatic N) is 5. The van der Waals surface area contributed by atoms with E-state index in [4.69, 9.17) is 0 Å². The molecule has 2 heterocycles. The Morgan fingerprint density at radius 3 is 2.87 bits per heavy atom. The molecule has 0 aliphatic heterocycles. The van der Waals surface area contributed by atoms with E-state index in [1.54, 1.807) is 16.8 Å². The van der Waals surface area contributed by atoms with Gasteiger partial charge in [0, 0.05) is 24.8 Å². The molecule has 3 aromatic rings. The summed E-state index contributed by atoms with van der Waals surface area (Å²) in [7, 11) is 0. The van der Waals surface area contributed by atoms with E-state index < -0.39 is 6.04 Å². The molecule has 0 radical (unpaired) electrons. The summed E-state index contributed by atoms with van der Waals surface area (Å²) >= 11 is 1.55. The second-order valence-corrected chi connectivity index (χ2v) is 5.73. The number of amides is 1. The molecule has 0 aliphatic rings. The molecule has 0 fully saturated rings. The Morgan fingerprint density at radius 1 is 1.30 bits per heavy atom. The number of hydrogen-bond acceptors (Lipinski definition) is 6. The maximum atomic E-state index is 12.5. The van der Waals surface area contributed by atoms with Gasteiger partial charge in [0.05, 0.1) is 11.2 Å². The molecular weight excluding hydrogens is 312 g/mol. The van der Waals surface area contributed by atoms with E-state index >= 15 is 0 Å². The zero-order chi connectivity index (χ0) is 15.9. The minimum absolute atomic E-state index is 0.101. The predicted octanol–water partition coefficient (Wildman–Crippen LogP) is 1.27. The first kappa shape index (κ1) is 15.3. The average molecular weight is 328 g/mol. The van der Waals surface area contributed by atoms with Crippen LogP contribution in [0, 0.1) is 0 Å². The van der Waals surface area contributed by atoms with Crippen LogP contribution in [0.4, 0.5) is 0 Å². The van der Waals surface area contributed by atoms with Gasteiger partial charge in [-0.3, -0.25) is 4.79 Å². The molecule has 8 heteroatoms. The van der Waals surface area contributed by atoms with Crippen LogP contribution in [0.5, 0.6) is 0 Å². The fourth-order valence-electron chi connectivity index (χ4n) is 2.25. The topological polar surface area (TPSA) is 85.6 Å². The molecule has 0 aliphatic carbocycles. The Bertz CT molecular complexity index is 714. The van der Waals surface area contributed by atoms with Crippen LogP contribution in [-0.4, -0.2) is 37.6 Å². The molecular formula is C15H16N6OS. The van der Waals surface area contributed by atoms with Crippen LogP contribution in [0.1, 0.15) is 17.3 Å². The van der Waals surface area contributed by atoms with Gasteiger partial charge in [0.2, 0.25) is 5.91 Å². The van der Waals surface area contributed by atoms with Crippen molar-refractivity contribution in [3.8, 4) is 0 Å². The molecule has 7 nitrogen and oxygen atoms in total. The number of rotatable bonds is 7. The highest BCUT2D eigenvalue weighted by Crippen LogP contribution is 2.13. The third-order valence-electron chi connectivity index (χ3n) is 3.42. The van der Waals surface area contributed by atoms with Crippen LogP contribution in [0.25, 0.3) is 0 Å². The van der Waals surface area contributed by atoms with E-state index in [2.05, 4.69) is 25.8 Å². The molecule has 0 bridgehead atoms. The van der Waals surface area contributed by atoms with Gasteiger partial charge < -0.3 is 5.32 Å². The van der Waals surface area contributed by atoms with Gasteiger partial charge in [-0.2, -0.15) is 0 Å². The number of thiazole rings is 1. The van der Waals surface area contributed by atoms with E-state index in [0.29, 0.717) is 19.4 Å². The SMILES string of the molecule is O=C(NCCc1cscn1)C(Cc1ccccc1)n1cnnn1. The number of aromatic nitrogens is 5. The van der Waals surface area contributed by atoms with Gasteiger partial charge in [0.25, 0.3) is 0 Å². The summed E-state index contributed by atoms with van der Waals surface area (Å²) in [6, 6.07) is 9.35. The molecule has 23 heavy (non-hydrogen) atoms. The fourth-order valence-corrected chi connectivity index (χ4v) is 2.84. The van der Waals surface area contributed by atoms with Crippen LogP contribution >= 0.6 is 11.3 Å². The van der Waals surface area contributed by atoms with Gasteiger partial charge in [-0.05, 0) is 16.0 Å². The first-order valence-corrected chi connectivity index (χ1v) is 8.18.